The van der Waals surface area contributed by atoms with Crippen LogP contribution in [0.3, 0.4) is 0 Å². The van der Waals surface area contributed by atoms with Gasteiger partial charge in [-0.1, -0.05) is 34.8 Å². The van der Waals surface area contributed by atoms with Gasteiger partial charge in [-0.25, -0.2) is 0 Å². The highest BCUT2D eigenvalue weighted by molar-refractivity contribution is 9.10. The zero-order chi connectivity index (χ0) is 20.8. The quantitative estimate of drug-likeness (QED) is 0.431. The molecule has 1 N–H and O–H groups in total. The zero-order valence-electron chi connectivity index (χ0n) is 16.6. The Hall–Kier alpha value is -1.54. The van der Waals surface area contributed by atoms with Gasteiger partial charge in [0.15, 0.2) is 0 Å². The summed E-state index contributed by atoms with van der Waals surface area (Å²) in [5.41, 5.74) is 0. The third kappa shape index (κ3) is 5.34. The van der Waals surface area contributed by atoms with Gasteiger partial charge in [-0.2, -0.15) is 11.8 Å². The maximum absolute atomic E-state index is 12.9. The second-order valence-corrected chi connectivity index (χ2v) is 9.34. The molecule has 3 amide bonds. The summed E-state index contributed by atoms with van der Waals surface area (Å²) >= 11 is 4.99. The number of hydrogen-bond donors (Lipinski definition) is 1. The minimum absolute atomic E-state index is 0.161. The van der Waals surface area contributed by atoms with Gasteiger partial charge in [-0.15, -0.1) is 0 Å². The second kappa shape index (κ2) is 10.5. The van der Waals surface area contributed by atoms with Crippen LogP contribution >= 0.6 is 27.7 Å². The van der Waals surface area contributed by atoms with E-state index in [1.807, 2.05) is 30.5 Å². The van der Waals surface area contributed by atoms with Gasteiger partial charge in [-0.3, -0.25) is 19.3 Å². The standard InChI is InChI=1S/C21H27BrN2O4S/c1-29-12-9-18(24-20(26)16-7-2-3-8-17(16)21(24)27)19(25)23-10-11-28-15-6-4-5-14(22)13-15/h4-6,13,16-18H,2-3,7-12H2,1H3,(H,23,25). The maximum atomic E-state index is 12.9. The van der Waals surface area contributed by atoms with E-state index < -0.39 is 6.04 Å². The molecule has 0 bridgehead atoms. The molecule has 1 saturated carbocycles. The molecule has 8 heteroatoms. The molecule has 3 atom stereocenters. The number of hydrogen-bond acceptors (Lipinski definition) is 5. The average molecular weight is 483 g/mol. The summed E-state index contributed by atoms with van der Waals surface area (Å²) in [6, 6.07) is 6.75. The molecule has 2 aliphatic rings. The van der Waals surface area contributed by atoms with Crippen LogP contribution in [0.5, 0.6) is 5.75 Å². The number of benzene rings is 1. The SMILES string of the molecule is CSCCC(C(=O)NCCOc1cccc(Br)c1)N1C(=O)C2CCCCC2C1=O. The number of rotatable bonds is 9. The highest BCUT2D eigenvalue weighted by Crippen LogP contribution is 2.39. The molecule has 1 aliphatic carbocycles. The Morgan fingerprint density at radius 3 is 2.59 bits per heavy atom. The number of likely N-dealkylation sites (tertiary alicyclic amines) is 1. The molecule has 1 aromatic rings. The molecule has 0 radical (unpaired) electrons. The summed E-state index contributed by atoms with van der Waals surface area (Å²) in [4.78, 5) is 39.9. The molecule has 1 aliphatic heterocycles. The summed E-state index contributed by atoms with van der Waals surface area (Å²) in [6.07, 6.45) is 5.88. The Morgan fingerprint density at radius 2 is 1.97 bits per heavy atom. The number of carbonyl (C=O) groups excluding carboxylic acids is 3. The smallest absolute Gasteiger partial charge is 0.243 e. The van der Waals surface area contributed by atoms with E-state index in [9.17, 15) is 14.4 Å². The summed E-state index contributed by atoms with van der Waals surface area (Å²) < 4.78 is 6.57. The number of amides is 3. The maximum Gasteiger partial charge on any atom is 0.243 e. The molecule has 3 unspecified atom stereocenters. The van der Waals surface area contributed by atoms with E-state index in [0.29, 0.717) is 31.1 Å². The van der Waals surface area contributed by atoms with Crippen LogP contribution in [0.4, 0.5) is 0 Å². The molecule has 6 nitrogen and oxygen atoms in total. The normalized spacial score (nSPS) is 22.3. The lowest BCUT2D eigenvalue weighted by molar-refractivity contribution is -0.148. The minimum Gasteiger partial charge on any atom is -0.492 e. The summed E-state index contributed by atoms with van der Waals surface area (Å²) in [5, 5.41) is 2.84. The van der Waals surface area contributed by atoms with Crippen molar-refractivity contribution in [1.82, 2.24) is 10.2 Å². The fraction of sp³-hybridized carbons (Fsp3) is 0.571. The molecule has 3 rings (SSSR count). The van der Waals surface area contributed by atoms with E-state index in [0.717, 1.165) is 30.2 Å². The lowest BCUT2D eigenvalue weighted by Gasteiger charge is -2.25. The third-order valence-electron chi connectivity index (χ3n) is 5.55. The van der Waals surface area contributed by atoms with Gasteiger partial charge in [0.05, 0.1) is 18.4 Å². The van der Waals surface area contributed by atoms with Crippen molar-refractivity contribution in [3.8, 4) is 5.75 Å². The Bertz CT molecular complexity index is 736. The van der Waals surface area contributed by atoms with Gasteiger partial charge in [-0.05, 0) is 49.5 Å². The number of nitrogens with one attached hydrogen (secondary N) is 1. The van der Waals surface area contributed by atoms with E-state index in [1.165, 1.54) is 4.90 Å². The molecule has 29 heavy (non-hydrogen) atoms. The number of fused-ring (bicyclic) bond motifs is 1. The van der Waals surface area contributed by atoms with Crippen molar-refractivity contribution in [1.29, 1.82) is 0 Å². The van der Waals surface area contributed by atoms with E-state index in [1.54, 1.807) is 11.8 Å². The zero-order valence-corrected chi connectivity index (χ0v) is 19.0. The first-order chi connectivity index (χ1) is 14.0. The monoisotopic (exact) mass is 482 g/mol. The fourth-order valence-corrected chi connectivity index (χ4v) is 4.96. The van der Waals surface area contributed by atoms with Crippen molar-refractivity contribution in [2.24, 2.45) is 11.8 Å². The van der Waals surface area contributed by atoms with Crippen LogP contribution < -0.4 is 10.1 Å². The Morgan fingerprint density at radius 1 is 1.28 bits per heavy atom. The van der Waals surface area contributed by atoms with Gasteiger partial charge in [0.1, 0.15) is 18.4 Å². The van der Waals surface area contributed by atoms with Gasteiger partial charge < -0.3 is 10.1 Å². The number of nitrogens with zero attached hydrogens (tertiary/aromatic N) is 1. The first-order valence-corrected chi connectivity index (χ1v) is 12.2. The summed E-state index contributed by atoms with van der Waals surface area (Å²) in [6.45, 7) is 0.620. The van der Waals surface area contributed by atoms with Crippen molar-refractivity contribution in [3.63, 3.8) is 0 Å². The molecule has 158 valence electrons. The minimum atomic E-state index is -0.737. The fourth-order valence-electron chi connectivity index (χ4n) is 4.12. The van der Waals surface area contributed by atoms with Gasteiger partial charge in [0.25, 0.3) is 0 Å². The lowest BCUT2D eigenvalue weighted by Crippen LogP contribution is -2.51. The van der Waals surface area contributed by atoms with Gasteiger partial charge in [0.2, 0.25) is 17.7 Å². The van der Waals surface area contributed by atoms with E-state index >= 15 is 0 Å². The summed E-state index contributed by atoms with van der Waals surface area (Å²) in [5.74, 6) is 0.344. The number of carbonyl (C=O) groups is 3. The van der Waals surface area contributed by atoms with Crippen molar-refractivity contribution in [3.05, 3.63) is 28.7 Å². The predicted molar refractivity (Wildman–Crippen MR) is 117 cm³/mol. The average Bonchev–Trinajstić information content (AvgIpc) is 2.97. The molecule has 0 aromatic heterocycles. The van der Waals surface area contributed by atoms with E-state index in [2.05, 4.69) is 21.2 Å². The van der Waals surface area contributed by atoms with Crippen LogP contribution in [0, 0.1) is 11.8 Å². The van der Waals surface area contributed by atoms with Crippen molar-refractivity contribution in [2.75, 3.05) is 25.2 Å². The van der Waals surface area contributed by atoms with E-state index in [4.69, 9.17) is 4.74 Å². The Kier molecular flexibility index (Phi) is 8.00. The highest BCUT2D eigenvalue weighted by atomic mass is 79.9. The van der Waals surface area contributed by atoms with Crippen molar-refractivity contribution >= 4 is 45.4 Å². The molecule has 1 aromatic carbocycles. The van der Waals surface area contributed by atoms with Gasteiger partial charge in [0, 0.05) is 4.47 Å². The van der Waals surface area contributed by atoms with Crippen LogP contribution in [0.15, 0.2) is 28.7 Å². The van der Waals surface area contributed by atoms with E-state index in [-0.39, 0.29) is 29.6 Å². The Balaban J connectivity index is 1.59. The van der Waals surface area contributed by atoms with Crippen molar-refractivity contribution < 1.29 is 19.1 Å². The molecular weight excluding hydrogens is 456 g/mol. The summed E-state index contributed by atoms with van der Waals surface area (Å²) in [7, 11) is 0. The van der Waals surface area contributed by atoms with Crippen LogP contribution in [-0.4, -0.2) is 53.8 Å². The molecular formula is C21H27BrN2O4S. The number of ether oxygens (including phenoxy) is 1. The van der Waals surface area contributed by atoms with Crippen LogP contribution in [0.2, 0.25) is 0 Å². The molecule has 0 spiro atoms. The molecule has 1 saturated heterocycles. The third-order valence-corrected chi connectivity index (χ3v) is 6.69. The number of thioether (sulfide) groups is 1. The Labute approximate surface area is 184 Å². The molecule has 2 fully saturated rings. The van der Waals surface area contributed by atoms with Crippen LogP contribution in [0.1, 0.15) is 32.1 Å². The highest BCUT2D eigenvalue weighted by Gasteiger charge is 2.51. The number of halogens is 1. The predicted octanol–water partition coefficient (Wildman–Crippen LogP) is 3.24. The molecule has 1 heterocycles. The largest absolute Gasteiger partial charge is 0.492 e. The van der Waals surface area contributed by atoms with Crippen LogP contribution in [0.25, 0.3) is 0 Å². The lowest BCUT2D eigenvalue weighted by atomic mass is 9.81. The van der Waals surface area contributed by atoms with Gasteiger partial charge >= 0.3 is 0 Å². The topological polar surface area (TPSA) is 75.7 Å². The first-order valence-electron chi connectivity index (χ1n) is 10.0. The first kappa shape index (κ1) is 22.2. The number of imide groups is 1. The van der Waals surface area contributed by atoms with Crippen molar-refractivity contribution in [2.45, 2.75) is 38.1 Å². The second-order valence-electron chi connectivity index (χ2n) is 7.44. The van der Waals surface area contributed by atoms with Crippen LogP contribution in [-0.2, 0) is 14.4 Å².